The number of hydrogen-bond acceptors (Lipinski definition) is 3. The van der Waals surface area contributed by atoms with E-state index in [2.05, 4.69) is 13.8 Å². The Morgan fingerprint density at radius 2 is 1.94 bits per heavy atom. The van der Waals surface area contributed by atoms with Gasteiger partial charge in [0.25, 0.3) is 0 Å². The average Bonchev–Trinajstić information content (AvgIpc) is 2.93. The minimum Gasteiger partial charge on any atom is -0.460 e. The van der Waals surface area contributed by atoms with Gasteiger partial charge in [-0.15, -0.1) is 0 Å². The third-order valence-corrected chi connectivity index (χ3v) is 3.07. The molecule has 0 spiro atoms. The van der Waals surface area contributed by atoms with Crippen LogP contribution in [0.4, 0.5) is 0 Å². The first kappa shape index (κ1) is 12.1. The van der Waals surface area contributed by atoms with Crippen molar-refractivity contribution in [3.8, 4) is 0 Å². The lowest BCUT2D eigenvalue weighted by Gasteiger charge is -2.07. The van der Waals surface area contributed by atoms with Crippen LogP contribution in [0.1, 0.15) is 30.6 Å². The van der Waals surface area contributed by atoms with Crippen molar-refractivity contribution in [2.75, 3.05) is 13.2 Å². The second-order valence-corrected chi connectivity index (χ2v) is 5.05. The molecule has 1 aliphatic rings. The van der Waals surface area contributed by atoms with Crippen molar-refractivity contribution >= 4 is 5.97 Å². The molecule has 3 nitrogen and oxygen atoms in total. The molecule has 1 fully saturated rings. The predicted molar refractivity (Wildman–Crippen MR) is 64.9 cm³/mol. The Balaban J connectivity index is 1.64. The highest BCUT2D eigenvalue weighted by molar-refractivity contribution is 5.89. The smallest absolute Gasteiger partial charge is 0.338 e. The van der Waals surface area contributed by atoms with E-state index in [0.29, 0.717) is 30.3 Å². The van der Waals surface area contributed by atoms with Gasteiger partial charge in [-0.25, -0.2) is 4.79 Å². The maximum absolute atomic E-state index is 11.6. The number of rotatable bonds is 5. The van der Waals surface area contributed by atoms with Crippen LogP contribution in [0, 0.1) is 5.41 Å². The molecule has 0 aliphatic heterocycles. The molecule has 0 heterocycles. The Hall–Kier alpha value is -1.35. The molecule has 17 heavy (non-hydrogen) atoms. The summed E-state index contributed by atoms with van der Waals surface area (Å²) in [6, 6.07) is 9.00. The predicted octanol–water partition coefficient (Wildman–Crippen LogP) is 2.66. The van der Waals surface area contributed by atoms with Gasteiger partial charge in [0, 0.05) is 0 Å². The quantitative estimate of drug-likeness (QED) is 0.580. The third kappa shape index (κ3) is 3.30. The number of ether oxygens (including phenoxy) is 2. The molecule has 1 aromatic rings. The van der Waals surface area contributed by atoms with Crippen LogP contribution in [-0.4, -0.2) is 25.3 Å². The fourth-order valence-corrected chi connectivity index (χ4v) is 1.69. The molecule has 0 amide bonds. The molecule has 0 radical (unpaired) electrons. The summed E-state index contributed by atoms with van der Waals surface area (Å²) in [4.78, 5) is 11.6. The number of carbonyl (C=O) groups is 1. The van der Waals surface area contributed by atoms with Crippen molar-refractivity contribution < 1.29 is 14.3 Å². The van der Waals surface area contributed by atoms with E-state index >= 15 is 0 Å². The van der Waals surface area contributed by atoms with Crippen molar-refractivity contribution in [1.29, 1.82) is 0 Å². The highest BCUT2D eigenvalue weighted by Crippen LogP contribution is 2.47. The molecule has 1 saturated carbocycles. The minimum absolute atomic E-state index is 0.288. The van der Waals surface area contributed by atoms with Gasteiger partial charge in [-0.1, -0.05) is 32.0 Å². The van der Waals surface area contributed by atoms with E-state index in [0.717, 1.165) is 6.42 Å². The highest BCUT2D eigenvalue weighted by atomic mass is 16.6. The number of carbonyl (C=O) groups excluding carboxylic acids is 1. The van der Waals surface area contributed by atoms with Crippen molar-refractivity contribution in [2.24, 2.45) is 5.41 Å². The molecule has 3 heteroatoms. The zero-order valence-corrected chi connectivity index (χ0v) is 10.3. The maximum Gasteiger partial charge on any atom is 0.338 e. The summed E-state index contributed by atoms with van der Waals surface area (Å²) in [7, 11) is 0. The summed E-state index contributed by atoms with van der Waals surface area (Å²) < 4.78 is 10.7. The van der Waals surface area contributed by atoms with Gasteiger partial charge in [-0.3, -0.25) is 0 Å². The van der Waals surface area contributed by atoms with Crippen LogP contribution in [0.15, 0.2) is 30.3 Å². The molecule has 0 bridgehead atoms. The molecule has 2 rings (SSSR count). The molecule has 0 N–H and O–H groups in total. The second-order valence-electron chi connectivity index (χ2n) is 5.05. The molecule has 1 atom stereocenters. The summed E-state index contributed by atoms with van der Waals surface area (Å²) >= 11 is 0. The van der Waals surface area contributed by atoms with E-state index < -0.39 is 0 Å². The monoisotopic (exact) mass is 234 g/mol. The van der Waals surface area contributed by atoms with E-state index in [-0.39, 0.29) is 5.97 Å². The van der Waals surface area contributed by atoms with E-state index in [1.54, 1.807) is 12.1 Å². The average molecular weight is 234 g/mol. The van der Waals surface area contributed by atoms with Gasteiger partial charge >= 0.3 is 5.97 Å². The van der Waals surface area contributed by atoms with Gasteiger partial charge < -0.3 is 9.47 Å². The molecular formula is C14H18O3. The standard InChI is InChI=1S/C14H18O3/c1-14(2)10-12(14)16-8-9-17-13(15)11-6-4-3-5-7-11/h3-7,12H,8-10H2,1-2H3. The number of hydrogen-bond donors (Lipinski definition) is 0. The zero-order valence-electron chi connectivity index (χ0n) is 10.3. The SMILES string of the molecule is CC1(C)CC1OCCOC(=O)c1ccccc1. The Morgan fingerprint density at radius 3 is 2.53 bits per heavy atom. The zero-order chi connectivity index (χ0) is 12.3. The molecule has 92 valence electrons. The first-order valence-corrected chi connectivity index (χ1v) is 5.93. The fraction of sp³-hybridized carbons (Fsp3) is 0.500. The first-order valence-electron chi connectivity index (χ1n) is 5.93. The van der Waals surface area contributed by atoms with Crippen molar-refractivity contribution in [3.05, 3.63) is 35.9 Å². The molecule has 0 aromatic heterocycles. The van der Waals surface area contributed by atoms with E-state index in [1.165, 1.54) is 0 Å². The van der Waals surface area contributed by atoms with E-state index in [4.69, 9.17) is 9.47 Å². The Labute approximate surface area is 102 Å². The molecule has 1 aliphatic carbocycles. The maximum atomic E-state index is 11.6. The molecular weight excluding hydrogens is 216 g/mol. The van der Waals surface area contributed by atoms with Crippen molar-refractivity contribution in [2.45, 2.75) is 26.4 Å². The largest absolute Gasteiger partial charge is 0.460 e. The van der Waals surface area contributed by atoms with Crippen LogP contribution >= 0.6 is 0 Å². The summed E-state index contributed by atoms with van der Waals surface area (Å²) in [5.74, 6) is -0.288. The summed E-state index contributed by atoms with van der Waals surface area (Å²) in [5.41, 5.74) is 0.892. The lowest BCUT2D eigenvalue weighted by molar-refractivity contribution is 0.0237. The van der Waals surface area contributed by atoms with Gasteiger partial charge in [0.2, 0.25) is 0 Å². The normalized spacial score (nSPS) is 20.9. The third-order valence-electron chi connectivity index (χ3n) is 3.07. The van der Waals surface area contributed by atoms with Gasteiger partial charge in [0.05, 0.1) is 18.3 Å². The number of benzene rings is 1. The van der Waals surface area contributed by atoms with Crippen molar-refractivity contribution in [1.82, 2.24) is 0 Å². The summed E-state index contributed by atoms with van der Waals surface area (Å²) in [6.45, 7) is 5.15. The lowest BCUT2D eigenvalue weighted by atomic mass is 10.2. The molecule has 0 saturated heterocycles. The van der Waals surface area contributed by atoms with Gasteiger partial charge in [-0.05, 0) is 24.0 Å². The second kappa shape index (κ2) is 4.88. The van der Waals surface area contributed by atoms with E-state index in [9.17, 15) is 4.79 Å². The van der Waals surface area contributed by atoms with E-state index in [1.807, 2.05) is 18.2 Å². The topological polar surface area (TPSA) is 35.5 Å². The molecule has 1 unspecified atom stereocenters. The Morgan fingerprint density at radius 1 is 1.29 bits per heavy atom. The summed E-state index contributed by atoms with van der Waals surface area (Å²) in [5, 5.41) is 0. The van der Waals surface area contributed by atoms with Gasteiger partial charge in [0.15, 0.2) is 0 Å². The Bertz CT molecular complexity index is 384. The van der Waals surface area contributed by atoms with Crippen LogP contribution in [0.5, 0.6) is 0 Å². The lowest BCUT2D eigenvalue weighted by Crippen LogP contribution is -2.12. The first-order chi connectivity index (χ1) is 8.09. The minimum atomic E-state index is -0.288. The van der Waals surface area contributed by atoms with Crippen LogP contribution in [0.2, 0.25) is 0 Å². The summed E-state index contributed by atoms with van der Waals surface area (Å²) in [6.07, 6.45) is 1.43. The highest BCUT2D eigenvalue weighted by Gasteiger charge is 2.46. The Kier molecular flexibility index (Phi) is 3.48. The molecule has 1 aromatic carbocycles. The van der Waals surface area contributed by atoms with Gasteiger partial charge in [-0.2, -0.15) is 0 Å². The van der Waals surface area contributed by atoms with Gasteiger partial charge in [0.1, 0.15) is 6.61 Å². The fourth-order valence-electron chi connectivity index (χ4n) is 1.69. The van der Waals surface area contributed by atoms with Crippen LogP contribution in [0.25, 0.3) is 0 Å². The van der Waals surface area contributed by atoms with Crippen LogP contribution in [0.3, 0.4) is 0 Å². The van der Waals surface area contributed by atoms with Crippen LogP contribution in [-0.2, 0) is 9.47 Å². The van der Waals surface area contributed by atoms with Crippen LogP contribution < -0.4 is 0 Å². The number of esters is 1. The van der Waals surface area contributed by atoms with Crippen molar-refractivity contribution in [3.63, 3.8) is 0 Å².